The molecule has 1 amide bonds. The van der Waals surface area contributed by atoms with Gasteiger partial charge < -0.3 is 19.8 Å². The maximum atomic E-state index is 14.0. The summed E-state index contributed by atoms with van der Waals surface area (Å²) in [6, 6.07) is 12.2. The number of fused-ring (bicyclic) bond motifs is 1. The fourth-order valence-corrected chi connectivity index (χ4v) is 4.09. The number of carbonyl (C=O) groups excluding carboxylic acids is 1. The Kier molecular flexibility index (Phi) is 5.48. The summed E-state index contributed by atoms with van der Waals surface area (Å²) in [6.45, 7) is 4.79. The first kappa shape index (κ1) is 20.0. The van der Waals surface area contributed by atoms with Gasteiger partial charge in [-0.15, -0.1) is 0 Å². The summed E-state index contributed by atoms with van der Waals surface area (Å²) in [5, 5.41) is 0. The van der Waals surface area contributed by atoms with Gasteiger partial charge in [-0.25, -0.2) is 4.39 Å². The zero-order valence-corrected chi connectivity index (χ0v) is 17.2. The van der Waals surface area contributed by atoms with Crippen LogP contribution in [0.15, 0.2) is 42.5 Å². The number of ether oxygens (including phenoxy) is 2. The molecule has 0 radical (unpaired) electrons. The molecule has 0 spiro atoms. The summed E-state index contributed by atoms with van der Waals surface area (Å²) in [5.41, 5.74) is 10.4. The number of carbonyl (C=O) groups is 1. The molecule has 0 aliphatic carbocycles. The molecule has 0 fully saturated rings. The molecular weight excluding hydrogens is 383 g/mol. The number of halogens is 1. The number of benzene rings is 2. The number of nitrogens with two attached hydrogens (primary N) is 1. The Hall–Kier alpha value is -3.28. The Balaban J connectivity index is 1.86. The lowest BCUT2D eigenvalue weighted by molar-refractivity contribution is 0.1000. The Morgan fingerprint density at radius 3 is 2.70 bits per heavy atom. The molecule has 2 aromatic carbocycles. The molecule has 1 aliphatic rings. The summed E-state index contributed by atoms with van der Waals surface area (Å²) in [7, 11) is 0. The number of unbranched alkanes of at least 4 members (excludes halogenated alkanes) is 1. The summed E-state index contributed by atoms with van der Waals surface area (Å²) in [6.07, 6.45) is 2.72. The fourth-order valence-electron chi connectivity index (χ4n) is 4.09. The molecule has 5 nitrogen and oxygen atoms in total. The number of nitrogens with zero attached hydrogens (tertiary/aromatic N) is 1. The van der Waals surface area contributed by atoms with Crippen LogP contribution in [-0.2, 0) is 13.0 Å². The molecule has 156 valence electrons. The van der Waals surface area contributed by atoms with E-state index in [1.165, 1.54) is 12.1 Å². The van der Waals surface area contributed by atoms with Gasteiger partial charge in [-0.05, 0) is 55.2 Å². The summed E-state index contributed by atoms with van der Waals surface area (Å²) in [4.78, 5) is 12.4. The van der Waals surface area contributed by atoms with Gasteiger partial charge in [0.25, 0.3) is 5.91 Å². The normalized spacial score (nSPS) is 12.4. The van der Waals surface area contributed by atoms with Crippen molar-refractivity contribution in [3.05, 3.63) is 70.8 Å². The van der Waals surface area contributed by atoms with Crippen LogP contribution in [0.3, 0.4) is 0 Å². The first-order valence-electron chi connectivity index (χ1n) is 10.2. The number of hydrogen-bond acceptors (Lipinski definition) is 3. The predicted molar refractivity (Wildman–Crippen MR) is 113 cm³/mol. The van der Waals surface area contributed by atoms with E-state index in [2.05, 4.69) is 11.5 Å². The van der Waals surface area contributed by atoms with Gasteiger partial charge in [-0.1, -0.05) is 31.5 Å². The smallest absolute Gasteiger partial charge is 0.251 e. The lowest BCUT2D eigenvalue weighted by Crippen LogP contribution is -2.13. The molecule has 0 bridgehead atoms. The molecule has 3 aromatic rings. The van der Waals surface area contributed by atoms with Crippen molar-refractivity contribution in [3.63, 3.8) is 0 Å². The Morgan fingerprint density at radius 1 is 1.17 bits per heavy atom. The number of aromatic nitrogens is 1. The lowest BCUT2D eigenvalue weighted by atomic mass is 9.97. The molecular formula is C24H25FN2O3. The average molecular weight is 408 g/mol. The lowest BCUT2D eigenvalue weighted by Gasteiger charge is -2.14. The third-order valence-corrected chi connectivity index (χ3v) is 5.54. The molecule has 0 saturated heterocycles. The van der Waals surface area contributed by atoms with Crippen LogP contribution in [0.1, 0.15) is 47.1 Å². The number of rotatable bonds is 7. The van der Waals surface area contributed by atoms with Gasteiger partial charge in [-0.3, -0.25) is 4.79 Å². The molecule has 6 heteroatoms. The van der Waals surface area contributed by atoms with Crippen molar-refractivity contribution in [2.75, 3.05) is 6.79 Å². The molecule has 4 rings (SSSR count). The number of primary amides is 1. The Labute approximate surface area is 175 Å². The van der Waals surface area contributed by atoms with E-state index in [1.54, 1.807) is 6.07 Å². The molecule has 0 saturated carbocycles. The number of amides is 1. The second kappa shape index (κ2) is 8.22. The van der Waals surface area contributed by atoms with Gasteiger partial charge in [0.1, 0.15) is 5.82 Å². The molecule has 30 heavy (non-hydrogen) atoms. The average Bonchev–Trinajstić information content (AvgIpc) is 3.29. The third-order valence-electron chi connectivity index (χ3n) is 5.54. The first-order chi connectivity index (χ1) is 14.5. The fraction of sp³-hybridized carbons (Fsp3) is 0.292. The standard InChI is InChI=1S/C24H25FN2O3/c1-3-4-8-19-23(17-6-5-7-18(25)12-17)22(24(26)28)15(2)27(19)13-16-9-10-20-21(11-16)30-14-29-20/h5-7,9-12H,3-4,8,13-14H2,1-2H3,(H2,26,28). The molecule has 0 unspecified atom stereocenters. The van der Waals surface area contributed by atoms with Gasteiger partial charge >= 0.3 is 0 Å². The van der Waals surface area contributed by atoms with Crippen LogP contribution in [0.5, 0.6) is 11.5 Å². The van der Waals surface area contributed by atoms with Gasteiger partial charge in [0, 0.05) is 23.5 Å². The van der Waals surface area contributed by atoms with Crippen LogP contribution in [-0.4, -0.2) is 17.3 Å². The third kappa shape index (κ3) is 3.65. The predicted octanol–water partition coefficient (Wildman–Crippen LogP) is 4.82. The zero-order chi connectivity index (χ0) is 21.3. The van der Waals surface area contributed by atoms with Crippen molar-refractivity contribution in [2.24, 2.45) is 5.73 Å². The van der Waals surface area contributed by atoms with Crippen LogP contribution in [0.4, 0.5) is 4.39 Å². The molecule has 2 heterocycles. The van der Waals surface area contributed by atoms with Gasteiger partial charge in [0.15, 0.2) is 11.5 Å². The second-order valence-electron chi connectivity index (χ2n) is 7.53. The maximum absolute atomic E-state index is 14.0. The highest BCUT2D eigenvalue weighted by atomic mass is 19.1. The van der Waals surface area contributed by atoms with E-state index in [4.69, 9.17) is 15.2 Å². The summed E-state index contributed by atoms with van der Waals surface area (Å²) >= 11 is 0. The van der Waals surface area contributed by atoms with Crippen LogP contribution in [0.2, 0.25) is 0 Å². The highest BCUT2D eigenvalue weighted by Crippen LogP contribution is 2.36. The van der Waals surface area contributed by atoms with E-state index >= 15 is 0 Å². The largest absolute Gasteiger partial charge is 0.454 e. The minimum Gasteiger partial charge on any atom is -0.454 e. The van der Waals surface area contributed by atoms with E-state index in [0.717, 1.165) is 47.5 Å². The van der Waals surface area contributed by atoms with Crippen molar-refractivity contribution < 1.29 is 18.7 Å². The minimum absolute atomic E-state index is 0.221. The highest BCUT2D eigenvalue weighted by Gasteiger charge is 2.25. The van der Waals surface area contributed by atoms with Gasteiger partial charge in [0.05, 0.1) is 5.56 Å². The summed E-state index contributed by atoms with van der Waals surface area (Å²) < 4.78 is 27.0. The highest BCUT2D eigenvalue weighted by molar-refractivity contribution is 6.02. The van der Waals surface area contributed by atoms with Crippen molar-refractivity contribution in [2.45, 2.75) is 39.7 Å². The molecule has 2 N–H and O–H groups in total. The van der Waals surface area contributed by atoms with Crippen LogP contribution in [0.25, 0.3) is 11.1 Å². The maximum Gasteiger partial charge on any atom is 0.251 e. The van der Waals surface area contributed by atoms with Crippen molar-refractivity contribution in [1.82, 2.24) is 4.57 Å². The van der Waals surface area contributed by atoms with E-state index in [9.17, 15) is 9.18 Å². The van der Waals surface area contributed by atoms with Crippen LogP contribution in [0, 0.1) is 12.7 Å². The number of hydrogen-bond donors (Lipinski definition) is 1. The van der Waals surface area contributed by atoms with E-state index in [1.807, 2.05) is 31.2 Å². The molecule has 1 aromatic heterocycles. The first-order valence-corrected chi connectivity index (χ1v) is 10.2. The monoisotopic (exact) mass is 408 g/mol. The van der Waals surface area contributed by atoms with Gasteiger partial charge in [0.2, 0.25) is 6.79 Å². The SMILES string of the molecule is CCCCc1c(-c2cccc(F)c2)c(C(N)=O)c(C)n1Cc1ccc2c(c1)OCO2. The topological polar surface area (TPSA) is 66.5 Å². The van der Waals surface area contributed by atoms with Crippen LogP contribution < -0.4 is 15.2 Å². The minimum atomic E-state index is -0.506. The molecule has 0 atom stereocenters. The molecule has 1 aliphatic heterocycles. The van der Waals surface area contributed by atoms with Gasteiger partial charge in [-0.2, -0.15) is 0 Å². The van der Waals surface area contributed by atoms with Crippen molar-refractivity contribution in [3.8, 4) is 22.6 Å². The van der Waals surface area contributed by atoms with Crippen molar-refractivity contribution in [1.29, 1.82) is 0 Å². The second-order valence-corrected chi connectivity index (χ2v) is 7.53. The van der Waals surface area contributed by atoms with E-state index in [-0.39, 0.29) is 12.6 Å². The van der Waals surface area contributed by atoms with Crippen molar-refractivity contribution >= 4 is 5.91 Å². The zero-order valence-electron chi connectivity index (χ0n) is 17.2. The van der Waals surface area contributed by atoms with E-state index < -0.39 is 5.91 Å². The summed E-state index contributed by atoms with van der Waals surface area (Å²) in [5.74, 6) is 0.597. The van der Waals surface area contributed by atoms with Crippen LogP contribution >= 0.6 is 0 Å². The quantitative estimate of drug-likeness (QED) is 0.609. The Bertz CT molecular complexity index is 1100. The Morgan fingerprint density at radius 2 is 1.97 bits per heavy atom. The van der Waals surface area contributed by atoms with E-state index in [0.29, 0.717) is 23.4 Å².